The van der Waals surface area contributed by atoms with E-state index in [0.717, 1.165) is 0 Å². The van der Waals surface area contributed by atoms with E-state index < -0.39 is 0 Å². The van der Waals surface area contributed by atoms with E-state index in [1.54, 1.807) is 0 Å². The van der Waals surface area contributed by atoms with Crippen LogP contribution in [0.3, 0.4) is 0 Å². The van der Waals surface area contributed by atoms with Crippen molar-refractivity contribution in [3.8, 4) is 11.1 Å². The Morgan fingerprint density at radius 1 is 0.552 bits per heavy atom. The van der Waals surface area contributed by atoms with Crippen LogP contribution in [0.15, 0.2) is 103 Å². The second-order valence-corrected chi connectivity index (χ2v) is 7.78. The number of fused-ring (bicyclic) bond motifs is 3. The Morgan fingerprint density at radius 3 is 1.62 bits per heavy atom. The fraction of sp³-hybridized carbons (Fsp3) is 0.172. The summed E-state index contributed by atoms with van der Waals surface area (Å²) in [5.74, 6) is 0. The van der Waals surface area contributed by atoms with Crippen molar-refractivity contribution >= 4 is 0 Å². The van der Waals surface area contributed by atoms with Crippen LogP contribution < -0.4 is 0 Å². The Balaban J connectivity index is 0.000000645. The van der Waals surface area contributed by atoms with Gasteiger partial charge in [-0.3, -0.25) is 0 Å². The minimum atomic E-state index is -0.263. The lowest BCUT2D eigenvalue weighted by Gasteiger charge is -2.34. The zero-order valence-corrected chi connectivity index (χ0v) is 17.5. The van der Waals surface area contributed by atoms with Crippen LogP contribution in [0, 0.1) is 6.92 Å². The third-order valence-corrected chi connectivity index (χ3v) is 5.61. The molecule has 0 bridgehead atoms. The highest BCUT2D eigenvalue weighted by molar-refractivity contribution is 5.86. The van der Waals surface area contributed by atoms with Gasteiger partial charge in [0.2, 0.25) is 0 Å². The molecule has 0 N–H and O–H groups in total. The van der Waals surface area contributed by atoms with E-state index >= 15 is 0 Å². The first kappa shape index (κ1) is 19.2. The van der Waals surface area contributed by atoms with Gasteiger partial charge in [0.15, 0.2) is 0 Å². The Kier molecular flexibility index (Phi) is 5.36. The summed E-state index contributed by atoms with van der Waals surface area (Å²) >= 11 is 0. The van der Waals surface area contributed by atoms with Gasteiger partial charge in [0.25, 0.3) is 0 Å². The standard InChI is InChI=1S/C26H20.C3H8/c1-19-16-17-23-22-14-8-9-15-24(22)26(25(23)18-19,20-10-4-2-5-11-20)21-12-6-3-7-13-21;1-3-2/h2-18H,1H3;3H2,1-2H3. The highest BCUT2D eigenvalue weighted by atomic mass is 14.5. The number of rotatable bonds is 2. The van der Waals surface area contributed by atoms with Gasteiger partial charge in [-0.1, -0.05) is 129 Å². The third kappa shape index (κ3) is 3.09. The molecule has 0 saturated carbocycles. The number of hydrogen-bond acceptors (Lipinski definition) is 0. The van der Waals surface area contributed by atoms with Gasteiger partial charge < -0.3 is 0 Å². The lowest BCUT2D eigenvalue weighted by molar-refractivity contribution is 0.767. The van der Waals surface area contributed by atoms with Crippen molar-refractivity contribution < 1.29 is 0 Å². The van der Waals surface area contributed by atoms with E-state index in [9.17, 15) is 0 Å². The van der Waals surface area contributed by atoms with Crippen molar-refractivity contribution in [3.05, 3.63) is 131 Å². The molecule has 4 aromatic carbocycles. The lowest BCUT2D eigenvalue weighted by atomic mass is 9.67. The van der Waals surface area contributed by atoms with E-state index in [4.69, 9.17) is 0 Å². The average Bonchev–Trinajstić information content (AvgIpc) is 3.06. The molecular weight excluding hydrogens is 348 g/mol. The second-order valence-electron chi connectivity index (χ2n) is 7.78. The van der Waals surface area contributed by atoms with E-state index in [2.05, 4.69) is 124 Å². The van der Waals surface area contributed by atoms with Crippen LogP contribution in [-0.4, -0.2) is 0 Å². The summed E-state index contributed by atoms with van der Waals surface area (Å²) in [5, 5.41) is 0. The summed E-state index contributed by atoms with van der Waals surface area (Å²) in [5.41, 5.74) is 9.13. The Morgan fingerprint density at radius 2 is 1.03 bits per heavy atom. The summed E-state index contributed by atoms with van der Waals surface area (Å²) in [6.07, 6.45) is 1.25. The third-order valence-electron chi connectivity index (χ3n) is 5.61. The largest absolute Gasteiger partial charge is 0.0713 e. The highest BCUT2D eigenvalue weighted by Gasteiger charge is 2.45. The van der Waals surface area contributed by atoms with Gasteiger partial charge in [0.1, 0.15) is 0 Å². The second kappa shape index (κ2) is 8.09. The maximum atomic E-state index is 2.37. The predicted molar refractivity (Wildman–Crippen MR) is 124 cm³/mol. The molecule has 0 radical (unpaired) electrons. The zero-order valence-electron chi connectivity index (χ0n) is 17.5. The van der Waals surface area contributed by atoms with Crippen LogP contribution in [0.1, 0.15) is 48.1 Å². The molecule has 0 saturated heterocycles. The molecule has 0 aliphatic heterocycles. The fourth-order valence-electron chi connectivity index (χ4n) is 4.56. The van der Waals surface area contributed by atoms with Crippen LogP contribution in [0.25, 0.3) is 11.1 Å². The van der Waals surface area contributed by atoms with Crippen LogP contribution >= 0.6 is 0 Å². The molecule has 1 aliphatic rings. The van der Waals surface area contributed by atoms with E-state index in [1.807, 2.05) is 0 Å². The molecule has 0 heteroatoms. The van der Waals surface area contributed by atoms with Gasteiger partial charge in [0, 0.05) is 0 Å². The van der Waals surface area contributed by atoms with Crippen molar-refractivity contribution in [1.82, 2.24) is 0 Å². The number of aryl methyl sites for hydroxylation is 1. The lowest BCUT2D eigenvalue weighted by Crippen LogP contribution is -2.28. The van der Waals surface area contributed by atoms with Crippen molar-refractivity contribution in [2.45, 2.75) is 32.6 Å². The van der Waals surface area contributed by atoms with Gasteiger partial charge in [-0.2, -0.15) is 0 Å². The average molecular weight is 377 g/mol. The molecule has 0 amide bonds. The molecule has 0 unspecified atom stereocenters. The molecule has 0 atom stereocenters. The fourth-order valence-corrected chi connectivity index (χ4v) is 4.56. The van der Waals surface area contributed by atoms with E-state index in [-0.39, 0.29) is 5.41 Å². The van der Waals surface area contributed by atoms with Gasteiger partial charge >= 0.3 is 0 Å². The minimum absolute atomic E-state index is 0.263. The van der Waals surface area contributed by atoms with E-state index in [0.29, 0.717) is 0 Å². The maximum Gasteiger partial charge on any atom is 0.0713 e. The molecule has 1 aliphatic carbocycles. The topological polar surface area (TPSA) is 0 Å². The summed E-state index contributed by atoms with van der Waals surface area (Å²) in [7, 11) is 0. The molecule has 29 heavy (non-hydrogen) atoms. The van der Waals surface area contributed by atoms with Crippen LogP contribution in [0.4, 0.5) is 0 Å². The molecule has 5 rings (SSSR count). The van der Waals surface area contributed by atoms with Gasteiger partial charge in [-0.15, -0.1) is 0 Å². The zero-order chi connectivity index (χ0) is 20.3. The summed E-state index contributed by atoms with van der Waals surface area (Å²) < 4.78 is 0. The first-order valence-electron chi connectivity index (χ1n) is 10.6. The predicted octanol–water partition coefficient (Wildman–Crippen LogP) is 7.77. The monoisotopic (exact) mass is 376 g/mol. The van der Waals surface area contributed by atoms with Gasteiger partial charge in [0.05, 0.1) is 5.41 Å². The quantitative estimate of drug-likeness (QED) is 0.295. The van der Waals surface area contributed by atoms with E-state index in [1.165, 1.54) is 45.4 Å². The highest BCUT2D eigenvalue weighted by Crippen LogP contribution is 2.55. The van der Waals surface area contributed by atoms with Crippen LogP contribution in [0.2, 0.25) is 0 Å². The van der Waals surface area contributed by atoms with Crippen molar-refractivity contribution in [1.29, 1.82) is 0 Å². The van der Waals surface area contributed by atoms with Gasteiger partial charge in [-0.25, -0.2) is 0 Å². The van der Waals surface area contributed by atoms with Crippen LogP contribution in [-0.2, 0) is 5.41 Å². The first-order valence-corrected chi connectivity index (χ1v) is 10.6. The van der Waals surface area contributed by atoms with Crippen molar-refractivity contribution in [2.24, 2.45) is 0 Å². The van der Waals surface area contributed by atoms with Gasteiger partial charge in [-0.05, 0) is 40.3 Å². The Bertz CT molecular complexity index is 1050. The summed E-state index contributed by atoms with van der Waals surface area (Å²) in [4.78, 5) is 0. The number of benzene rings is 4. The molecule has 4 aromatic rings. The molecule has 0 nitrogen and oxygen atoms in total. The van der Waals surface area contributed by atoms with Crippen LogP contribution in [0.5, 0.6) is 0 Å². The smallest absolute Gasteiger partial charge is 0.0656 e. The minimum Gasteiger partial charge on any atom is -0.0656 e. The number of hydrogen-bond donors (Lipinski definition) is 0. The molecule has 0 fully saturated rings. The SMILES string of the molecule is CCC.Cc1ccc2c(c1)C(c1ccccc1)(c1ccccc1)c1ccccc1-2. The maximum absolute atomic E-state index is 2.37. The molecule has 144 valence electrons. The molecule has 0 aromatic heterocycles. The summed E-state index contributed by atoms with van der Waals surface area (Å²) in [6, 6.07) is 37.6. The van der Waals surface area contributed by atoms with Crippen molar-refractivity contribution in [3.63, 3.8) is 0 Å². The summed E-state index contributed by atoms with van der Waals surface area (Å²) in [6.45, 7) is 6.43. The first-order chi connectivity index (χ1) is 14.2. The normalized spacial score (nSPS) is 13.1. The van der Waals surface area contributed by atoms with Crippen molar-refractivity contribution in [2.75, 3.05) is 0 Å². The Labute approximate surface area is 174 Å². The molecule has 0 spiro atoms. The Hall–Kier alpha value is -3.12. The molecule has 0 heterocycles. The molecular formula is C29H28.